The summed E-state index contributed by atoms with van der Waals surface area (Å²) in [5.74, 6) is -0.941. The maximum absolute atomic E-state index is 13.1. The molecule has 8 nitrogen and oxygen atoms in total. The molecule has 174 valence electrons. The predicted molar refractivity (Wildman–Crippen MR) is 124 cm³/mol. The van der Waals surface area contributed by atoms with E-state index in [2.05, 4.69) is 19.9 Å². The first-order chi connectivity index (χ1) is 15.6. The minimum Gasteiger partial charge on any atom is -0.350 e. The van der Waals surface area contributed by atoms with Crippen LogP contribution in [0.5, 0.6) is 0 Å². The molecule has 3 aromatic rings. The SMILES string of the molecule is CC(CNC(=O)c1cc(=O)[nH]c2ccc(S(=O)(=O)Nc3ccc(F)cc3)cc12)N(C)C1CC1. The fourth-order valence-electron chi connectivity index (χ4n) is 3.64. The molecule has 2 aromatic carbocycles. The highest BCUT2D eigenvalue weighted by Gasteiger charge is 2.29. The van der Waals surface area contributed by atoms with Gasteiger partial charge in [0, 0.05) is 41.3 Å². The average molecular weight is 473 g/mol. The van der Waals surface area contributed by atoms with Crippen LogP contribution in [0.15, 0.2) is 58.2 Å². The minimum absolute atomic E-state index is 0.0915. The lowest BCUT2D eigenvalue weighted by Crippen LogP contribution is -2.41. The Labute approximate surface area is 190 Å². The van der Waals surface area contributed by atoms with Crippen LogP contribution in [0.4, 0.5) is 10.1 Å². The van der Waals surface area contributed by atoms with E-state index in [-0.39, 0.29) is 22.2 Å². The largest absolute Gasteiger partial charge is 0.350 e. The highest BCUT2D eigenvalue weighted by Crippen LogP contribution is 2.27. The predicted octanol–water partition coefficient (Wildman–Crippen LogP) is 2.68. The van der Waals surface area contributed by atoms with Crippen LogP contribution in [0.3, 0.4) is 0 Å². The van der Waals surface area contributed by atoms with Crippen molar-refractivity contribution in [2.75, 3.05) is 18.3 Å². The molecule has 1 amide bonds. The smallest absolute Gasteiger partial charge is 0.261 e. The Balaban J connectivity index is 1.61. The molecule has 0 saturated heterocycles. The Kier molecular flexibility index (Phi) is 6.22. The molecule has 0 bridgehead atoms. The number of benzene rings is 2. The van der Waals surface area contributed by atoms with Gasteiger partial charge in [-0.05, 0) is 69.3 Å². The molecule has 1 atom stereocenters. The number of pyridine rings is 1. The zero-order valence-electron chi connectivity index (χ0n) is 18.3. The number of nitrogens with one attached hydrogen (secondary N) is 3. The molecule has 10 heteroatoms. The van der Waals surface area contributed by atoms with Crippen molar-refractivity contribution >= 4 is 32.5 Å². The minimum atomic E-state index is -4.01. The first kappa shape index (κ1) is 22.9. The summed E-state index contributed by atoms with van der Waals surface area (Å²) < 4.78 is 41.2. The van der Waals surface area contributed by atoms with Crippen LogP contribution in [-0.4, -0.2) is 49.9 Å². The second-order valence-corrected chi connectivity index (χ2v) is 10.0. The number of nitrogens with zero attached hydrogens (tertiary/aromatic N) is 1. The van der Waals surface area contributed by atoms with Gasteiger partial charge >= 0.3 is 0 Å². The standard InChI is InChI=1S/C23H25FN4O4S/c1-14(28(2)17-7-8-17)13-25-23(30)20-12-22(29)26-21-10-9-18(11-19(20)21)33(31,32)27-16-5-3-15(24)4-6-16/h3-6,9-12,14,17,27H,7-8,13H2,1-2H3,(H,25,30)(H,26,29). The first-order valence-corrected chi connectivity index (χ1v) is 12.1. The zero-order valence-corrected chi connectivity index (χ0v) is 19.1. The zero-order chi connectivity index (χ0) is 23.8. The van der Waals surface area contributed by atoms with Gasteiger partial charge in [-0.15, -0.1) is 0 Å². The number of H-pyrrole nitrogens is 1. The quantitative estimate of drug-likeness (QED) is 0.467. The highest BCUT2D eigenvalue weighted by atomic mass is 32.2. The average Bonchev–Trinajstić information content (AvgIpc) is 3.62. The number of halogens is 1. The maximum atomic E-state index is 13.1. The van der Waals surface area contributed by atoms with Crippen LogP contribution in [0.2, 0.25) is 0 Å². The Hall–Kier alpha value is -3.24. The van der Waals surface area contributed by atoms with E-state index in [0.29, 0.717) is 23.5 Å². The summed E-state index contributed by atoms with van der Waals surface area (Å²) in [6, 6.07) is 10.8. The number of sulfonamides is 1. The Bertz CT molecular complexity index is 1350. The van der Waals surface area contributed by atoms with E-state index in [4.69, 9.17) is 0 Å². The van der Waals surface area contributed by atoms with Gasteiger partial charge in [0.2, 0.25) is 5.56 Å². The third-order valence-electron chi connectivity index (χ3n) is 5.84. The van der Waals surface area contributed by atoms with E-state index in [1.165, 1.54) is 30.3 Å². The molecule has 4 rings (SSSR count). The summed E-state index contributed by atoms with van der Waals surface area (Å²) in [6.45, 7) is 2.41. The van der Waals surface area contributed by atoms with Crippen molar-refractivity contribution in [3.63, 3.8) is 0 Å². The van der Waals surface area contributed by atoms with E-state index in [1.807, 2.05) is 14.0 Å². The number of aromatic nitrogens is 1. The van der Waals surface area contributed by atoms with E-state index in [1.54, 1.807) is 0 Å². The second-order valence-electron chi connectivity index (χ2n) is 8.32. The van der Waals surface area contributed by atoms with Crippen LogP contribution in [-0.2, 0) is 10.0 Å². The van der Waals surface area contributed by atoms with Crippen LogP contribution < -0.4 is 15.6 Å². The molecule has 33 heavy (non-hydrogen) atoms. The normalized spacial score (nSPS) is 14.9. The van der Waals surface area contributed by atoms with Gasteiger partial charge in [-0.1, -0.05) is 0 Å². The molecule has 1 saturated carbocycles. The number of carbonyl (C=O) groups is 1. The molecule has 1 fully saturated rings. The molecule has 1 aliphatic rings. The first-order valence-electron chi connectivity index (χ1n) is 10.6. The lowest BCUT2D eigenvalue weighted by molar-refractivity contribution is 0.0941. The summed E-state index contributed by atoms with van der Waals surface area (Å²) >= 11 is 0. The fraction of sp³-hybridized carbons (Fsp3) is 0.304. The maximum Gasteiger partial charge on any atom is 0.261 e. The third kappa shape index (κ3) is 5.23. The van der Waals surface area contributed by atoms with Gasteiger partial charge < -0.3 is 10.3 Å². The number of fused-ring (bicyclic) bond motifs is 1. The number of hydrogen-bond acceptors (Lipinski definition) is 5. The molecular weight excluding hydrogens is 447 g/mol. The third-order valence-corrected chi connectivity index (χ3v) is 7.22. The lowest BCUT2D eigenvalue weighted by Gasteiger charge is -2.24. The van der Waals surface area contributed by atoms with Gasteiger partial charge in [-0.2, -0.15) is 0 Å². The van der Waals surface area contributed by atoms with Gasteiger partial charge in [0.15, 0.2) is 0 Å². The van der Waals surface area contributed by atoms with Crippen molar-refractivity contribution in [2.45, 2.75) is 36.7 Å². The molecule has 0 radical (unpaired) electrons. The van der Waals surface area contributed by atoms with Crippen molar-refractivity contribution < 1.29 is 17.6 Å². The second kappa shape index (κ2) is 8.95. The lowest BCUT2D eigenvalue weighted by atomic mass is 10.1. The van der Waals surface area contributed by atoms with E-state index in [0.717, 1.165) is 31.0 Å². The van der Waals surface area contributed by atoms with Gasteiger partial charge in [0.1, 0.15) is 5.82 Å². The highest BCUT2D eigenvalue weighted by molar-refractivity contribution is 7.92. The Morgan fingerprint density at radius 3 is 2.55 bits per heavy atom. The molecular formula is C23H25FN4O4S. The summed E-state index contributed by atoms with van der Waals surface area (Å²) in [7, 11) is -2.00. The van der Waals surface area contributed by atoms with Crippen molar-refractivity contribution in [2.24, 2.45) is 0 Å². The van der Waals surface area contributed by atoms with Crippen molar-refractivity contribution in [1.82, 2.24) is 15.2 Å². The van der Waals surface area contributed by atoms with Crippen molar-refractivity contribution in [1.29, 1.82) is 0 Å². The summed E-state index contributed by atoms with van der Waals surface area (Å²) in [5, 5.41) is 3.15. The van der Waals surface area contributed by atoms with Gasteiger partial charge in [0.05, 0.1) is 10.5 Å². The molecule has 0 spiro atoms. The number of rotatable bonds is 8. The molecule has 0 aliphatic heterocycles. The van der Waals surface area contributed by atoms with Crippen LogP contribution in [0.1, 0.15) is 30.1 Å². The monoisotopic (exact) mass is 472 g/mol. The van der Waals surface area contributed by atoms with E-state index < -0.39 is 27.3 Å². The molecule has 3 N–H and O–H groups in total. The summed E-state index contributed by atoms with van der Waals surface area (Å²) in [4.78, 5) is 29.8. The van der Waals surface area contributed by atoms with E-state index >= 15 is 0 Å². The molecule has 1 unspecified atom stereocenters. The van der Waals surface area contributed by atoms with E-state index in [9.17, 15) is 22.4 Å². The van der Waals surface area contributed by atoms with Gasteiger partial charge in [0.25, 0.3) is 15.9 Å². The van der Waals surface area contributed by atoms with Crippen LogP contribution in [0, 0.1) is 5.82 Å². The number of carbonyl (C=O) groups excluding carboxylic acids is 1. The number of hydrogen-bond donors (Lipinski definition) is 3. The topological polar surface area (TPSA) is 111 Å². The van der Waals surface area contributed by atoms with Crippen molar-refractivity contribution in [3.05, 3.63) is 70.3 Å². The fourth-order valence-corrected chi connectivity index (χ4v) is 4.73. The molecule has 1 heterocycles. The number of amides is 1. The molecule has 1 aromatic heterocycles. The summed E-state index contributed by atoms with van der Waals surface area (Å²) in [5.41, 5.74) is 0.172. The van der Waals surface area contributed by atoms with Crippen LogP contribution in [0.25, 0.3) is 10.9 Å². The van der Waals surface area contributed by atoms with Crippen LogP contribution >= 0.6 is 0 Å². The number of likely N-dealkylation sites (N-methyl/N-ethyl adjacent to an activating group) is 1. The number of anilines is 1. The van der Waals surface area contributed by atoms with Gasteiger partial charge in [-0.3, -0.25) is 19.2 Å². The summed E-state index contributed by atoms with van der Waals surface area (Å²) in [6.07, 6.45) is 2.30. The molecule has 1 aliphatic carbocycles. The Morgan fingerprint density at radius 2 is 1.88 bits per heavy atom. The number of aromatic amines is 1. The van der Waals surface area contributed by atoms with Crippen molar-refractivity contribution in [3.8, 4) is 0 Å². The van der Waals surface area contributed by atoms with Gasteiger partial charge in [-0.25, -0.2) is 12.8 Å². The Morgan fingerprint density at radius 1 is 1.18 bits per heavy atom.